The van der Waals surface area contributed by atoms with Crippen molar-refractivity contribution in [2.24, 2.45) is 0 Å². The number of hydrogen-bond acceptors (Lipinski definition) is 4. The first-order valence-electron chi connectivity index (χ1n) is 6.39. The van der Waals surface area contributed by atoms with E-state index in [0.29, 0.717) is 11.4 Å². The molecule has 1 rings (SSSR count). The standard InChI is InChI=1S/C14H19N3O3/c1-3-8-17(10-13(18)15-2)12-6-4-11(9-16-12)5-7-14(19)20/h4-7,9H,3,8,10H2,1-2H3,(H,15,18)(H,19,20)/b7-5+. The Labute approximate surface area is 118 Å². The van der Waals surface area contributed by atoms with Gasteiger partial charge >= 0.3 is 5.97 Å². The fourth-order valence-electron chi connectivity index (χ4n) is 1.65. The van der Waals surface area contributed by atoms with Crippen LogP contribution >= 0.6 is 0 Å². The van der Waals surface area contributed by atoms with Crippen LogP contribution in [-0.4, -0.2) is 42.1 Å². The van der Waals surface area contributed by atoms with Gasteiger partial charge in [0, 0.05) is 25.9 Å². The highest BCUT2D eigenvalue weighted by atomic mass is 16.4. The number of nitrogens with zero attached hydrogens (tertiary/aromatic N) is 2. The van der Waals surface area contributed by atoms with Gasteiger partial charge in [-0.3, -0.25) is 4.79 Å². The number of carbonyl (C=O) groups is 2. The molecule has 0 saturated carbocycles. The fourth-order valence-corrected chi connectivity index (χ4v) is 1.65. The quantitative estimate of drug-likeness (QED) is 0.730. The molecule has 0 spiro atoms. The summed E-state index contributed by atoms with van der Waals surface area (Å²) in [6.07, 6.45) is 5.02. The van der Waals surface area contributed by atoms with E-state index in [-0.39, 0.29) is 12.5 Å². The minimum absolute atomic E-state index is 0.0740. The van der Waals surface area contributed by atoms with E-state index in [0.717, 1.165) is 19.0 Å². The molecular formula is C14H19N3O3. The predicted octanol–water partition coefficient (Wildman–Crippen LogP) is 1.14. The first kappa shape index (κ1) is 15.7. The smallest absolute Gasteiger partial charge is 0.328 e. The molecule has 0 bridgehead atoms. The van der Waals surface area contributed by atoms with Gasteiger partial charge in [0.1, 0.15) is 5.82 Å². The number of carbonyl (C=O) groups excluding carboxylic acids is 1. The molecule has 0 aromatic carbocycles. The van der Waals surface area contributed by atoms with Gasteiger partial charge in [0.25, 0.3) is 0 Å². The number of carboxylic acids is 1. The number of amides is 1. The third-order valence-electron chi connectivity index (χ3n) is 2.62. The van der Waals surface area contributed by atoms with Crippen molar-refractivity contribution in [1.82, 2.24) is 10.3 Å². The van der Waals surface area contributed by atoms with Crippen LogP contribution in [0.25, 0.3) is 6.08 Å². The summed E-state index contributed by atoms with van der Waals surface area (Å²) in [5.74, 6) is -0.376. The van der Waals surface area contributed by atoms with E-state index in [1.165, 1.54) is 6.08 Å². The zero-order valence-corrected chi connectivity index (χ0v) is 11.7. The summed E-state index contributed by atoms with van der Waals surface area (Å²) in [4.78, 5) is 28.0. The van der Waals surface area contributed by atoms with Crippen molar-refractivity contribution >= 4 is 23.8 Å². The summed E-state index contributed by atoms with van der Waals surface area (Å²) in [6, 6.07) is 3.55. The summed E-state index contributed by atoms with van der Waals surface area (Å²) >= 11 is 0. The molecule has 0 aliphatic rings. The first-order valence-corrected chi connectivity index (χ1v) is 6.39. The number of anilines is 1. The highest BCUT2D eigenvalue weighted by Gasteiger charge is 2.10. The van der Waals surface area contributed by atoms with Crippen molar-refractivity contribution in [3.63, 3.8) is 0 Å². The topological polar surface area (TPSA) is 82.5 Å². The molecule has 20 heavy (non-hydrogen) atoms. The molecule has 6 heteroatoms. The van der Waals surface area contributed by atoms with E-state index in [4.69, 9.17) is 5.11 Å². The number of carboxylic acid groups (broad SMARTS) is 1. The van der Waals surface area contributed by atoms with Gasteiger partial charge in [-0.2, -0.15) is 0 Å². The number of likely N-dealkylation sites (N-methyl/N-ethyl adjacent to an activating group) is 1. The SMILES string of the molecule is CCCN(CC(=O)NC)c1ccc(/C=C/C(=O)O)cn1. The van der Waals surface area contributed by atoms with E-state index in [9.17, 15) is 9.59 Å². The monoisotopic (exact) mass is 277 g/mol. The van der Waals surface area contributed by atoms with E-state index in [1.54, 1.807) is 25.4 Å². The molecule has 0 atom stereocenters. The maximum Gasteiger partial charge on any atom is 0.328 e. The Balaban J connectivity index is 2.81. The van der Waals surface area contributed by atoms with Gasteiger partial charge in [-0.05, 0) is 30.2 Å². The average molecular weight is 277 g/mol. The number of pyridine rings is 1. The Morgan fingerprint density at radius 3 is 2.70 bits per heavy atom. The molecule has 0 unspecified atom stereocenters. The van der Waals surface area contributed by atoms with Crippen LogP contribution in [0.5, 0.6) is 0 Å². The summed E-state index contributed by atoms with van der Waals surface area (Å²) < 4.78 is 0. The van der Waals surface area contributed by atoms with Crippen molar-refractivity contribution in [2.45, 2.75) is 13.3 Å². The van der Waals surface area contributed by atoms with Gasteiger partial charge in [-0.25, -0.2) is 9.78 Å². The highest BCUT2D eigenvalue weighted by Crippen LogP contribution is 2.12. The second-order valence-corrected chi connectivity index (χ2v) is 4.22. The second kappa shape index (κ2) is 7.93. The third-order valence-corrected chi connectivity index (χ3v) is 2.62. The van der Waals surface area contributed by atoms with Gasteiger partial charge < -0.3 is 15.3 Å². The Morgan fingerprint density at radius 2 is 2.20 bits per heavy atom. The van der Waals surface area contributed by atoms with Crippen molar-refractivity contribution < 1.29 is 14.7 Å². The van der Waals surface area contributed by atoms with Crippen molar-refractivity contribution in [3.05, 3.63) is 30.0 Å². The Bertz CT molecular complexity index is 483. The van der Waals surface area contributed by atoms with Crippen molar-refractivity contribution in [1.29, 1.82) is 0 Å². The average Bonchev–Trinajstić information content (AvgIpc) is 2.45. The number of nitrogens with one attached hydrogen (secondary N) is 1. The van der Waals surface area contributed by atoms with Crippen molar-refractivity contribution in [2.75, 3.05) is 25.0 Å². The van der Waals surface area contributed by atoms with Gasteiger partial charge in [-0.15, -0.1) is 0 Å². The normalized spacial score (nSPS) is 10.5. The molecule has 0 aliphatic heterocycles. The van der Waals surface area contributed by atoms with Crippen molar-refractivity contribution in [3.8, 4) is 0 Å². The molecule has 1 aromatic rings. The van der Waals surface area contributed by atoms with Crippen LogP contribution in [0.4, 0.5) is 5.82 Å². The lowest BCUT2D eigenvalue weighted by Crippen LogP contribution is -2.36. The molecule has 1 amide bonds. The van der Waals surface area contributed by atoms with Crippen LogP contribution < -0.4 is 10.2 Å². The third kappa shape index (κ3) is 5.09. The first-order chi connectivity index (χ1) is 9.56. The van der Waals surface area contributed by atoms with E-state index >= 15 is 0 Å². The maximum atomic E-state index is 11.5. The lowest BCUT2D eigenvalue weighted by atomic mass is 10.2. The van der Waals surface area contributed by atoms with Gasteiger partial charge in [0.05, 0.1) is 6.54 Å². The number of rotatable bonds is 7. The molecule has 108 valence electrons. The zero-order chi connectivity index (χ0) is 15.0. The lowest BCUT2D eigenvalue weighted by Gasteiger charge is -2.22. The molecule has 1 aromatic heterocycles. The Morgan fingerprint density at radius 1 is 1.45 bits per heavy atom. The maximum absolute atomic E-state index is 11.5. The van der Waals surface area contributed by atoms with Crippen LogP contribution in [-0.2, 0) is 9.59 Å². The second-order valence-electron chi connectivity index (χ2n) is 4.22. The summed E-state index contributed by atoms with van der Waals surface area (Å²) in [6.45, 7) is 3.01. The van der Waals surface area contributed by atoms with E-state index in [1.807, 2.05) is 11.8 Å². The number of aliphatic carboxylic acids is 1. The van der Waals surface area contributed by atoms with Crippen LogP contribution in [0, 0.1) is 0 Å². The van der Waals surface area contributed by atoms with Gasteiger partial charge in [0.15, 0.2) is 0 Å². The van der Waals surface area contributed by atoms with Crippen LogP contribution in [0.1, 0.15) is 18.9 Å². The van der Waals surface area contributed by atoms with E-state index in [2.05, 4.69) is 10.3 Å². The van der Waals surface area contributed by atoms with Gasteiger partial charge in [0.2, 0.25) is 5.91 Å². The summed E-state index contributed by atoms with van der Waals surface area (Å²) in [7, 11) is 1.60. The van der Waals surface area contributed by atoms with E-state index < -0.39 is 5.97 Å². The molecule has 2 N–H and O–H groups in total. The van der Waals surface area contributed by atoms with Gasteiger partial charge in [-0.1, -0.05) is 6.92 Å². The molecule has 0 aliphatic carbocycles. The molecule has 1 heterocycles. The Hall–Kier alpha value is -2.37. The minimum atomic E-state index is -0.999. The zero-order valence-electron chi connectivity index (χ0n) is 11.7. The molecule has 6 nitrogen and oxygen atoms in total. The predicted molar refractivity (Wildman–Crippen MR) is 77.5 cm³/mol. The summed E-state index contributed by atoms with van der Waals surface area (Å²) in [5.41, 5.74) is 0.701. The summed E-state index contributed by atoms with van der Waals surface area (Å²) in [5, 5.41) is 11.1. The number of aromatic nitrogens is 1. The lowest BCUT2D eigenvalue weighted by molar-refractivity contribution is -0.131. The largest absolute Gasteiger partial charge is 0.478 e. The van der Waals surface area contributed by atoms with Crippen LogP contribution in [0.15, 0.2) is 24.4 Å². The fraction of sp³-hybridized carbons (Fsp3) is 0.357. The Kier molecular flexibility index (Phi) is 6.22. The highest BCUT2D eigenvalue weighted by molar-refractivity contribution is 5.85. The molecular weight excluding hydrogens is 258 g/mol. The molecule has 0 fully saturated rings. The number of hydrogen-bond donors (Lipinski definition) is 2. The van der Waals surface area contributed by atoms with Crippen LogP contribution in [0.2, 0.25) is 0 Å². The molecule has 0 saturated heterocycles. The molecule has 0 radical (unpaired) electrons. The van der Waals surface area contributed by atoms with Crippen LogP contribution in [0.3, 0.4) is 0 Å². The minimum Gasteiger partial charge on any atom is -0.478 e.